The molecule has 0 spiro atoms. The van der Waals surface area contributed by atoms with E-state index in [1.165, 1.54) is 12.1 Å². The van der Waals surface area contributed by atoms with Gasteiger partial charge in [-0.25, -0.2) is 14.0 Å². The summed E-state index contributed by atoms with van der Waals surface area (Å²) in [6.45, 7) is 0.0154. The predicted molar refractivity (Wildman–Crippen MR) is 77.4 cm³/mol. The lowest BCUT2D eigenvalue weighted by atomic mass is 9.98. The zero-order chi connectivity index (χ0) is 17.3. The summed E-state index contributed by atoms with van der Waals surface area (Å²) in [6, 6.07) is 3.22. The fraction of sp³-hybridized carbons (Fsp3) is 0.333. The molecule has 9 heteroatoms. The number of imide groups is 1. The quantitative estimate of drug-likeness (QED) is 0.574. The number of rotatable bonds is 4. The standard InChI is InChI=1S/C15H14FN3O5/c16-9-2-1-8-5-11(24-14(22)10(8)6-9)13(21)17-3-4-19-12(20)7-18-15(19)23/h1-2,6,11H,3-5,7H2,(H,17,21)(H,18,23). The molecule has 2 heterocycles. The smallest absolute Gasteiger partial charge is 0.339 e. The van der Waals surface area contributed by atoms with Crippen molar-refractivity contribution in [3.63, 3.8) is 0 Å². The van der Waals surface area contributed by atoms with Gasteiger partial charge >= 0.3 is 12.0 Å². The first-order chi connectivity index (χ1) is 11.5. The highest BCUT2D eigenvalue weighted by Crippen LogP contribution is 2.21. The number of esters is 1. The molecule has 1 unspecified atom stereocenters. The van der Waals surface area contributed by atoms with Crippen LogP contribution >= 0.6 is 0 Å². The van der Waals surface area contributed by atoms with Crippen LogP contribution in [-0.2, 0) is 20.7 Å². The molecule has 2 aliphatic rings. The van der Waals surface area contributed by atoms with E-state index in [1.54, 1.807) is 0 Å². The number of cyclic esters (lactones) is 1. The second-order valence-electron chi connectivity index (χ2n) is 5.39. The van der Waals surface area contributed by atoms with Crippen LogP contribution in [0.15, 0.2) is 18.2 Å². The van der Waals surface area contributed by atoms with E-state index >= 15 is 0 Å². The lowest BCUT2D eigenvalue weighted by molar-refractivity contribution is -0.131. The molecule has 1 aromatic rings. The van der Waals surface area contributed by atoms with Crippen LogP contribution < -0.4 is 10.6 Å². The van der Waals surface area contributed by atoms with Gasteiger partial charge in [0.05, 0.1) is 12.1 Å². The van der Waals surface area contributed by atoms with E-state index in [0.29, 0.717) is 5.56 Å². The Morgan fingerprint density at radius 1 is 1.38 bits per heavy atom. The first-order valence-corrected chi connectivity index (χ1v) is 7.31. The van der Waals surface area contributed by atoms with E-state index in [4.69, 9.17) is 4.74 Å². The van der Waals surface area contributed by atoms with Crippen molar-refractivity contribution in [2.24, 2.45) is 0 Å². The Kier molecular flexibility index (Phi) is 4.15. The first kappa shape index (κ1) is 15.9. The minimum absolute atomic E-state index is 0.0267. The SMILES string of the molecule is O=C1OC(C(=O)NCCN2C(=O)CNC2=O)Cc2ccc(F)cc21. The maximum absolute atomic E-state index is 13.1. The Balaban J connectivity index is 1.56. The molecular weight excluding hydrogens is 321 g/mol. The Labute approximate surface area is 135 Å². The van der Waals surface area contributed by atoms with Crippen molar-refractivity contribution in [2.45, 2.75) is 12.5 Å². The second-order valence-corrected chi connectivity index (χ2v) is 5.39. The summed E-state index contributed by atoms with van der Waals surface area (Å²) < 4.78 is 18.2. The fourth-order valence-corrected chi connectivity index (χ4v) is 2.58. The Morgan fingerprint density at radius 3 is 2.88 bits per heavy atom. The van der Waals surface area contributed by atoms with Crippen LogP contribution in [0.1, 0.15) is 15.9 Å². The number of hydrogen-bond acceptors (Lipinski definition) is 5. The third kappa shape index (κ3) is 3.05. The van der Waals surface area contributed by atoms with Crippen molar-refractivity contribution < 1.29 is 28.3 Å². The summed E-state index contributed by atoms with van der Waals surface area (Å²) in [5.74, 6) is -2.22. The van der Waals surface area contributed by atoms with Gasteiger partial charge in [-0.2, -0.15) is 0 Å². The van der Waals surface area contributed by atoms with Gasteiger partial charge in [-0.05, 0) is 17.7 Å². The number of urea groups is 1. The summed E-state index contributed by atoms with van der Waals surface area (Å²) in [5, 5.41) is 4.89. The minimum atomic E-state index is -1.03. The number of carbonyl (C=O) groups is 4. The Hall–Kier alpha value is -2.97. The average Bonchev–Trinajstić information content (AvgIpc) is 2.87. The third-order valence-electron chi connectivity index (χ3n) is 3.81. The molecule has 2 aliphatic heterocycles. The van der Waals surface area contributed by atoms with Crippen molar-refractivity contribution in [3.05, 3.63) is 35.1 Å². The fourth-order valence-electron chi connectivity index (χ4n) is 2.58. The molecule has 8 nitrogen and oxygen atoms in total. The summed E-state index contributed by atoms with van der Waals surface area (Å²) >= 11 is 0. The number of halogens is 1. The lowest BCUT2D eigenvalue weighted by Crippen LogP contribution is -2.45. The molecule has 0 saturated carbocycles. The van der Waals surface area contributed by atoms with Gasteiger partial charge in [-0.15, -0.1) is 0 Å². The van der Waals surface area contributed by atoms with Gasteiger partial charge in [0.15, 0.2) is 6.10 Å². The molecule has 1 saturated heterocycles. The Morgan fingerprint density at radius 2 is 2.17 bits per heavy atom. The molecule has 126 valence electrons. The van der Waals surface area contributed by atoms with E-state index in [0.717, 1.165) is 11.0 Å². The van der Waals surface area contributed by atoms with E-state index in [1.807, 2.05) is 0 Å². The molecule has 4 amide bonds. The van der Waals surface area contributed by atoms with E-state index < -0.39 is 29.8 Å². The first-order valence-electron chi connectivity index (χ1n) is 7.31. The van der Waals surface area contributed by atoms with E-state index in [9.17, 15) is 23.6 Å². The monoisotopic (exact) mass is 335 g/mol. The topological polar surface area (TPSA) is 105 Å². The third-order valence-corrected chi connectivity index (χ3v) is 3.81. The minimum Gasteiger partial charge on any atom is -0.448 e. The highest BCUT2D eigenvalue weighted by Gasteiger charge is 2.32. The normalized spacial score (nSPS) is 19.6. The van der Waals surface area contributed by atoms with Crippen molar-refractivity contribution in [3.8, 4) is 0 Å². The molecule has 3 rings (SSSR count). The number of ether oxygens (including phenoxy) is 1. The molecule has 0 aromatic heterocycles. The molecule has 2 N–H and O–H groups in total. The molecule has 24 heavy (non-hydrogen) atoms. The van der Waals surface area contributed by atoms with Gasteiger partial charge in [0, 0.05) is 19.5 Å². The van der Waals surface area contributed by atoms with Crippen LogP contribution in [0.3, 0.4) is 0 Å². The molecule has 0 aliphatic carbocycles. The number of benzene rings is 1. The van der Waals surface area contributed by atoms with Crippen molar-refractivity contribution in [2.75, 3.05) is 19.6 Å². The summed E-state index contributed by atoms with van der Waals surface area (Å²) in [4.78, 5) is 47.7. The lowest BCUT2D eigenvalue weighted by Gasteiger charge is -2.24. The van der Waals surface area contributed by atoms with Crippen LogP contribution in [-0.4, -0.2) is 54.5 Å². The second kappa shape index (κ2) is 6.26. The van der Waals surface area contributed by atoms with Gasteiger partial charge in [-0.3, -0.25) is 14.5 Å². The zero-order valence-electron chi connectivity index (χ0n) is 12.5. The van der Waals surface area contributed by atoms with Crippen LogP contribution in [0.25, 0.3) is 0 Å². The molecule has 1 aromatic carbocycles. The maximum atomic E-state index is 13.1. The van der Waals surface area contributed by atoms with Gasteiger partial charge in [0.25, 0.3) is 5.91 Å². The maximum Gasteiger partial charge on any atom is 0.339 e. The largest absolute Gasteiger partial charge is 0.448 e. The number of hydrogen-bond donors (Lipinski definition) is 2. The Bertz CT molecular complexity index is 720. The highest BCUT2D eigenvalue weighted by molar-refractivity contribution is 6.02. The number of amides is 4. The highest BCUT2D eigenvalue weighted by atomic mass is 19.1. The summed E-state index contributed by atoms with van der Waals surface area (Å²) in [6.07, 6.45) is -0.894. The van der Waals surface area contributed by atoms with Gasteiger partial charge in [0.2, 0.25) is 5.91 Å². The van der Waals surface area contributed by atoms with Crippen LogP contribution in [0.4, 0.5) is 9.18 Å². The molecule has 0 radical (unpaired) electrons. The van der Waals surface area contributed by atoms with Crippen molar-refractivity contribution >= 4 is 23.8 Å². The van der Waals surface area contributed by atoms with Gasteiger partial charge in [0.1, 0.15) is 5.82 Å². The van der Waals surface area contributed by atoms with Crippen molar-refractivity contribution in [1.82, 2.24) is 15.5 Å². The number of carbonyl (C=O) groups excluding carboxylic acids is 4. The number of nitrogens with zero attached hydrogens (tertiary/aromatic N) is 1. The van der Waals surface area contributed by atoms with Crippen LogP contribution in [0, 0.1) is 5.82 Å². The molecule has 0 bridgehead atoms. The average molecular weight is 335 g/mol. The summed E-state index contributed by atoms with van der Waals surface area (Å²) in [5.41, 5.74) is 0.639. The van der Waals surface area contributed by atoms with Gasteiger partial charge < -0.3 is 15.4 Å². The predicted octanol–water partition coefficient (Wildman–Crippen LogP) is -0.425. The van der Waals surface area contributed by atoms with E-state index in [2.05, 4.69) is 10.6 Å². The number of fused-ring (bicyclic) bond motifs is 1. The van der Waals surface area contributed by atoms with Gasteiger partial charge in [-0.1, -0.05) is 6.07 Å². The zero-order valence-corrected chi connectivity index (χ0v) is 12.5. The van der Waals surface area contributed by atoms with E-state index in [-0.39, 0.29) is 37.5 Å². The molecular formula is C15H14FN3O5. The van der Waals surface area contributed by atoms with Crippen molar-refractivity contribution in [1.29, 1.82) is 0 Å². The molecule has 1 fully saturated rings. The van der Waals surface area contributed by atoms with Crippen LogP contribution in [0.5, 0.6) is 0 Å². The summed E-state index contributed by atoms with van der Waals surface area (Å²) in [7, 11) is 0. The molecule has 1 atom stereocenters. The number of nitrogens with one attached hydrogen (secondary N) is 2. The van der Waals surface area contributed by atoms with Crippen LogP contribution in [0.2, 0.25) is 0 Å².